The average molecular weight is 212 g/mol. The minimum absolute atomic E-state index is 0.555. The molecule has 0 fully saturated rings. The van der Waals surface area contributed by atoms with E-state index in [9.17, 15) is 0 Å². The van der Waals surface area contributed by atoms with Crippen molar-refractivity contribution < 1.29 is 0 Å². The summed E-state index contributed by atoms with van der Waals surface area (Å²) in [6.07, 6.45) is 2.29. The van der Waals surface area contributed by atoms with Crippen molar-refractivity contribution in [3.05, 3.63) is 29.8 Å². The summed E-state index contributed by atoms with van der Waals surface area (Å²) in [5.74, 6) is 0.573. The maximum Gasteiger partial charge on any atom is 0.0494 e. The predicted octanol–water partition coefficient (Wildman–Crippen LogP) is 4.03. The largest absolute Gasteiger partial charge is 0.382 e. The molecule has 1 nitrogen and oxygen atoms in total. The third kappa shape index (κ3) is 2.91. The number of benzene rings is 1. The summed E-state index contributed by atoms with van der Waals surface area (Å²) >= 11 is 5.86. The molecule has 0 unspecified atom stereocenters. The molecular formula is C12H18ClN. The highest BCUT2D eigenvalue weighted by Gasteiger charge is 2.05. The van der Waals surface area contributed by atoms with Gasteiger partial charge in [-0.25, -0.2) is 0 Å². The first kappa shape index (κ1) is 11.4. The van der Waals surface area contributed by atoms with Gasteiger partial charge < -0.3 is 5.32 Å². The number of alkyl halides is 1. The molecule has 0 heterocycles. The summed E-state index contributed by atoms with van der Waals surface area (Å²) in [7, 11) is 0. The van der Waals surface area contributed by atoms with Crippen LogP contribution in [0.1, 0.15) is 32.3 Å². The zero-order valence-corrected chi connectivity index (χ0v) is 9.64. The number of halogens is 1. The van der Waals surface area contributed by atoms with Crippen LogP contribution in [0.25, 0.3) is 0 Å². The van der Waals surface area contributed by atoms with Crippen LogP contribution in [0.3, 0.4) is 0 Å². The Hall–Kier alpha value is -0.690. The highest BCUT2D eigenvalue weighted by molar-refractivity contribution is 6.17. The number of anilines is 1. The molecule has 1 N–H and O–H groups in total. The lowest BCUT2D eigenvalue weighted by Gasteiger charge is -2.18. The summed E-state index contributed by atoms with van der Waals surface area (Å²) in [4.78, 5) is 0. The molecular weight excluding hydrogens is 194 g/mol. The van der Waals surface area contributed by atoms with Crippen LogP contribution in [-0.2, 0) is 5.88 Å². The third-order valence-electron chi connectivity index (χ3n) is 2.51. The SMILES string of the molecule is CCC(CC)Nc1ccccc1CCl. The van der Waals surface area contributed by atoms with Crippen LogP contribution >= 0.6 is 11.6 Å². The fourth-order valence-electron chi connectivity index (χ4n) is 1.49. The van der Waals surface area contributed by atoms with Gasteiger partial charge in [0.15, 0.2) is 0 Å². The average Bonchev–Trinajstić information content (AvgIpc) is 2.26. The van der Waals surface area contributed by atoms with Crippen molar-refractivity contribution in [3.63, 3.8) is 0 Å². The lowest BCUT2D eigenvalue weighted by atomic mass is 10.1. The Bertz CT molecular complexity index is 269. The molecule has 0 atom stereocenters. The maximum atomic E-state index is 5.86. The van der Waals surface area contributed by atoms with E-state index in [1.165, 1.54) is 11.3 Å². The summed E-state index contributed by atoms with van der Waals surface area (Å²) < 4.78 is 0. The summed E-state index contributed by atoms with van der Waals surface area (Å²) in [5, 5.41) is 3.51. The number of para-hydroxylation sites is 1. The van der Waals surface area contributed by atoms with Gasteiger partial charge in [-0.1, -0.05) is 32.0 Å². The Morgan fingerprint density at radius 1 is 1.21 bits per heavy atom. The molecule has 1 aromatic rings. The number of nitrogens with one attached hydrogen (secondary N) is 1. The van der Waals surface area contributed by atoms with E-state index >= 15 is 0 Å². The lowest BCUT2D eigenvalue weighted by molar-refractivity contribution is 0.671. The van der Waals surface area contributed by atoms with Crippen molar-refractivity contribution in [2.75, 3.05) is 5.32 Å². The number of hydrogen-bond donors (Lipinski definition) is 1. The lowest BCUT2D eigenvalue weighted by Crippen LogP contribution is -2.17. The highest BCUT2D eigenvalue weighted by Crippen LogP contribution is 2.19. The van der Waals surface area contributed by atoms with Crippen molar-refractivity contribution in [2.45, 2.75) is 38.6 Å². The molecule has 78 valence electrons. The Morgan fingerprint density at radius 2 is 1.86 bits per heavy atom. The Labute approximate surface area is 91.5 Å². The normalized spacial score (nSPS) is 10.6. The van der Waals surface area contributed by atoms with Crippen LogP contribution in [0.5, 0.6) is 0 Å². The van der Waals surface area contributed by atoms with Crippen LogP contribution in [0, 0.1) is 0 Å². The van der Waals surface area contributed by atoms with Crippen molar-refractivity contribution >= 4 is 17.3 Å². The molecule has 0 spiro atoms. The molecule has 0 bridgehead atoms. The monoisotopic (exact) mass is 211 g/mol. The quantitative estimate of drug-likeness (QED) is 0.726. The van der Waals surface area contributed by atoms with Crippen molar-refractivity contribution in [2.24, 2.45) is 0 Å². The van der Waals surface area contributed by atoms with E-state index in [2.05, 4.69) is 31.3 Å². The molecule has 0 amide bonds. The van der Waals surface area contributed by atoms with E-state index in [4.69, 9.17) is 11.6 Å². The molecule has 0 aliphatic carbocycles. The van der Waals surface area contributed by atoms with Gasteiger partial charge in [0.2, 0.25) is 0 Å². The fourth-order valence-corrected chi connectivity index (χ4v) is 1.72. The second-order valence-corrected chi connectivity index (χ2v) is 3.72. The maximum absolute atomic E-state index is 5.86. The van der Waals surface area contributed by atoms with E-state index in [1.54, 1.807) is 0 Å². The molecule has 0 radical (unpaired) electrons. The number of hydrogen-bond acceptors (Lipinski definition) is 1. The Kier molecular flexibility index (Phi) is 4.81. The van der Waals surface area contributed by atoms with Gasteiger partial charge in [0.25, 0.3) is 0 Å². The summed E-state index contributed by atoms with van der Waals surface area (Å²) in [6.45, 7) is 4.40. The minimum atomic E-state index is 0.555. The first-order chi connectivity index (χ1) is 6.81. The van der Waals surface area contributed by atoms with Gasteiger partial charge in [-0.15, -0.1) is 11.6 Å². The molecule has 0 saturated carbocycles. The smallest absolute Gasteiger partial charge is 0.0494 e. The Balaban J connectivity index is 2.74. The Morgan fingerprint density at radius 3 is 2.43 bits per heavy atom. The molecule has 0 aliphatic rings. The van der Waals surface area contributed by atoms with Crippen LogP contribution in [-0.4, -0.2) is 6.04 Å². The van der Waals surface area contributed by atoms with Gasteiger partial charge in [-0.05, 0) is 24.5 Å². The second-order valence-electron chi connectivity index (χ2n) is 3.45. The van der Waals surface area contributed by atoms with E-state index in [0.717, 1.165) is 12.8 Å². The van der Waals surface area contributed by atoms with Crippen LogP contribution in [0.15, 0.2) is 24.3 Å². The second kappa shape index (κ2) is 5.92. The van der Waals surface area contributed by atoms with Crippen molar-refractivity contribution in [1.82, 2.24) is 0 Å². The predicted molar refractivity (Wildman–Crippen MR) is 64.0 cm³/mol. The van der Waals surface area contributed by atoms with Gasteiger partial charge in [-0.2, -0.15) is 0 Å². The topological polar surface area (TPSA) is 12.0 Å². The van der Waals surface area contributed by atoms with E-state index in [0.29, 0.717) is 11.9 Å². The van der Waals surface area contributed by atoms with Crippen molar-refractivity contribution in [1.29, 1.82) is 0 Å². The number of rotatable bonds is 5. The van der Waals surface area contributed by atoms with E-state index in [-0.39, 0.29) is 0 Å². The highest BCUT2D eigenvalue weighted by atomic mass is 35.5. The van der Waals surface area contributed by atoms with Crippen LogP contribution < -0.4 is 5.32 Å². The molecule has 2 heteroatoms. The molecule has 0 aromatic heterocycles. The molecule has 14 heavy (non-hydrogen) atoms. The van der Waals surface area contributed by atoms with Gasteiger partial charge in [-0.3, -0.25) is 0 Å². The van der Waals surface area contributed by atoms with E-state index < -0.39 is 0 Å². The zero-order chi connectivity index (χ0) is 10.4. The summed E-state index contributed by atoms with van der Waals surface area (Å²) in [5.41, 5.74) is 2.36. The third-order valence-corrected chi connectivity index (χ3v) is 2.79. The standard InChI is InChI=1S/C12H18ClN/c1-3-11(4-2)14-12-8-6-5-7-10(12)9-13/h5-8,11,14H,3-4,9H2,1-2H3. The first-order valence-electron chi connectivity index (χ1n) is 5.22. The fraction of sp³-hybridized carbons (Fsp3) is 0.500. The van der Waals surface area contributed by atoms with Crippen LogP contribution in [0.2, 0.25) is 0 Å². The van der Waals surface area contributed by atoms with Gasteiger partial charge in [0, 0.05) is 17.6 Å². The molecule has 0 aliphatic heterocycles. The van der Waals surface area contributed by atoms with Crippen LogP contribution in [0.4, 0.5) is 5.69 Å². The van der Waals surface area contributed by atoms with Crippen molar-refractivity contribution in [3.8, 4) is 0 Å². The zero-order valence-electron chi connectivity index (χ0n) is 8.89. The molecule has 1 aromatic carbocycles. The van der Waals surface area contributed by atoms with Gasteiger partial charge in [0.1, 0.15) is 0 Å². The van der Waals surface area contributed by atoms with Gasteiger partial charge in [0.05, 0.1) is 0 Å². The first-order valence-corrected chi connectivity index (χ1v) is 5.75. The molecule has 0 saturated heterocycles. The summed E-state index contributed by atoms with van der Waals surface area (Å²) in [6, 6.07) is 8.78. The minimum Gasteiger partial charge on any atom is -0.382 e. The molecule has 1 rings (SSSR count). The van der Waals surface area contributed by atoms with Gasteiger partial charge >= 0.3 is 0 Å². The van der Waals surface area contributed by atoms with E-state index in [1.807, 2.05) is 12.1 Å².